The number of hydrogen-bond acceptors (Lipinski definition) is 3. The largest absolute Gasteiger partial charge is 0.497 e. The monoisotopic (exact) mass is 312 g/mol. The first-order chi connectivity index (χ1) is 8.28. The lowest BCUT2D eigenvalue weighted by atomic mass is 10.2. The highest BCUT2D eigenvalue weighted by atomic mass is 79.9. The van der Waals surface area contributed by atoms with Crippen molar-refractivity contribution in [1.82, 2.24) is 0 Å². The van der Waals surface area contributed by atoms with E-state index in [1.807, 2.05) is 30.3 Å². The van der Waals surface area contributed by atoms with Crippen LogP contribution < -0.4 is 4.74 Å². The Bertz CT molecular complexity index is 482. The number of benzene rings is 1. The molecule has 1 aromatic carbocycles. The third kappa shape index (κ3) is 3.84. The molecule has 0 aliphatic rings. The minimum atomic E-state index is 0.604. The first-order valence-corrected chi connectivity index (χ1v) is 6.84. The lowest BCUT2D eigenvalue weighted by Gasteiger charge is -2.05. The van der Waals surface area contributed by atoms with Crippen LogP contribution in [0.15, 0.2) is 40.2 Å². The number of methoxy groups -OCH3 is 1. The Labute approximate surface area is 113 Å². The maximum absolute atomic E-state index is 5.65. The molecule has 4 heteroatoms. The molecule has 0 fully saturated rings. The third-order valence-corrected chi connectivity index (χ3v) is 3.87. The molecule has 0 bridgehead atoms. The van der Waals surface area contributed by atoms with Gasteiger partial charge in [0.15, 0.2) is 0 Å². The lowest BCUT2D eigenvalue weighted by Crippen LogP contribution is -1.93. The van der Waals surface area contributed by atoms with Crippen LogP contribution in [-0.4, -0.2) is 7.11 Å². The summed E-state index contributed by atoms with van der Waals surface area (Å²) in [5.41, 5.74) is 1.12. The highest BCUT2D eigenvalue weighted by Crippen LogP contribution is 2.23. The van der Waals surface area contributed by atoms with Crippen LogP contribution in [-0.2, 0) is 18.0 Å². The molecule has 1 heterocycles. The minimum Gasteiger partial charge on any atom is -0.497 e. The third-order valence-electron chi connectivity index (χ3n) is 2.28. The van der Waals surface area contributed by atoms with E-state index in [4.69, 9.17) is 9.47 Å². The van der Waals surface area contributed by atoms with E-state index in [1.54, 1.807) is 18.4 Å². The van der Waals surface area contributed by atoms with Gasteiger partial charge in [-0.05, 0) is 45.8 Å². The first-order valence-electron chi connectivity index (χ1n) is 5.23. The molecule has 2 rings (SSSR count). The fourth-order valence-electron chi connectivity index (χ4n) is 1.46. The van der Waals surface area contributed by atoms with Crippen molar-refractivity contribution >= 4 is 27.3 Å². The molecule has 0 amide bonds. The van der Waals surface area contributed by atoms with Gasteiger partial charge >= 0.3 is 0 Å². The molecule has 0 atom stereocenters. The van der Waals surface area contributed by atoms with Crippen molar-refractivity contribution in [2.24, 2.45) is 0 Å². The van der Waals surface area contributed by atoms with Crippen LogP contribution in [0, 0.1) is 0 Å². The maximum Gasteiger partial charge on any atom is 0.119 e. The molecular weight excluding hydrogens is 300 g/mol. The Morgan fingerprint density at radius 3 is 2.76 bits per heavy atom. The van der Waals surface area contributed by atoms with Gasteiger partial charge in [0.1, 0.15) is 5.75 Å². The number of thiophene rings is 1. The summed E-state index contributed by atoms with van der Waals surface area (Å²) >= 11 is 5.13. The Morgan fingerprint density at radius 2 is 2.06 bits per heavy atom. The van der Waals surface area contributed by atoms with Crippen LogP contribution in [0.5, 0.6) is 5.75 Å². The van der Waals surface area contributed by atoms with Crippen molar-refractivity contribution < 1.29 is 9.47 Å². The highest BCUT2D eigenvalue weighted by molar-refractivity contribution is 9.11. The standard InChI is InChI=1S/C13H13BrO2S/c1-15-11-4-2-3-10(7-11)8-16-9-12-5-6-13(14)17-12/h2-7H,8-9H2,1H3. The van der Waals surface area contributed by atoms with Gasteiger partial charge in [-0.3, -0.25) is 0 Å². The van der Waals surface area contributed by atoms with Crippen molar-refractivity contribution in [3.63, 3.8) is 0 Å². The van der Waals surface area contributed by atoms with Crippen LogP contribution in [0.1, 0.15) is 10.4 Å². The molecule has 0 unspecified atom stereocenters. The quantitative estimate of drug-likeness (QED) is 0.822. The van der Waals surface area contributed by atoms with Gasteiger partial charge < -0.3 is 9.47 Å². The van der Waals surface area contributed by atoms with Crippen LogP contribution >= 0.6 is 27.3 Å². The minimum absolute atomic E-state index is 0.604. The zero-order valence-corrected chi connectivity index (χ0v) is 11.9. The van der Waals surface area contributed by atoms with E-state index >= 15 is 0 Å². The number of rotatable bonds is 5. The molecule has 2 aromatic rings. The van der Waals surface area contributed by atoms with Gasteiger partial charge in [-0.15, -0.1) is 11.3 Å². The second kappa shape index (κ2) is 6.19. The predicted molar refractivity (Wildman–Crippen MR) is 73.5 cm³/mol. The molecule has 0 saturated carbocycles. The van der Waals surface area contributed by atoms with Crippen molar-refractivity contribution in [1.29, 1.82) is 0 Å². The van der Waals surface area contributed by atoms with Gasteiger partial charge in [0.2, 0.25) is 0 Å². The topological polar surface area (TPSA) is 18.5 Å². The van der Waals surface area contributed by atoms with Gasteiger partial charge in [0.05, 0.1) is 24.1 Å². The maximum atomic E-state index is 5.65. The molecule has 0 spiro atoms. The van der Waals surface area contributed by atoms with Gasteiger partial charge in [-0.2, -0.15) is 0 Å². The van der Waals surface area contributed by atoms with E-state index in [2.05, 4.69) is 22.0 Å². The second-order valence-corrected chi connectivity index (χ2v) is 6.10. The fourth-order valence-corrected chi connectivity index (χ4v) is 2.88. The predicted octanol–water partition coefficient (Wildman–Crippen LogP) is 4.24. The summed E-state index contributed by atoms with van der Waals surface area (Å²) in [4.78, 5) is 1.22. The van der Waals surface area contributed by atoms with Crippen molar-refractivity contribution in [3.8, 4) is 5.75 Å². The number of hydrogen-bond donors (Lipinski definition) is 0. The van der Waals surface area contributed by atoms with Gasteiger partial charge in [-0.25, -0.2) is 0 Å². The molecule has 17 heavy (non-hydrogen) atoms. The van der Waals surface area contributed by atoms with Crippen LogP contribution in [0.4, 0.5) is 0 Å². The Balaban J connectivity index is 1.85. The molecule has 1 aromatic heterocycles. The first kappa shape index (κ1) is 12.6. The van der Waals surface area contributed by atoms with E-state index in [9.17, 15) is 0 Å². The second-order valence-electron chi connectivity index (χ2n) is 3.55. The molecule has 90 valence electrons. The normalized spacial score (nSPS) is 10.5. The molecule has 0 N–H and O–H groups in total. The Kier molecular flexibility index (Phi) is 4.59. The summed E-state index contributed by atoms with van der Waals surface area (Å²) in [6.45, 7) is 1.25. The highest BCUT2D eigenvalue weighted by Gasteiger charge is 1.99. The smallest absolute Gasteiger partial charge is 0.119 e. The molecule has 0 aliphatic heterocycles. The summed E-state index contributed by atoms with van der Waals surface area (Å²) < 4.78 is 12.0. The van der Waals surface area contributed by atoms with E-state index in [0.717, 1.165) is 15.1 Å². The van der Waals surface area contributed by atoms with E-state index in [1.165, 1.54) is 4.88 Å². The molecule has 2 nitrogen and oxygen atoms in total. The number of halogens is 1. The summed E-state index contributed by atoms with van der Waals surface area (Å²) in [5, 5.41) is 0. The zero-order valence-electron chi connectivity index (χ0n) is 9.48. The van der Waals surface area contributed by atoms with E-state index in [-0.39, 0.29) is 0 Å². The summed E-state index contributed by atoms with van der Waals surface area (Å²) in [5.74, 6) is 0.866. The van der Waals surface area contributed by atoms with E-state index in [0.29, 0.717) is 13.2 Å². The summed E-state index contributed by atoms with van der Waals surface area (Å²) in [7, 11) is 1.67. The average Bonchev–Trinajstić information content (AvgIpc) is 2.75. The summed E-state index contributed by atoms with van der Waals surface area (Å²) in [6.07, 6.45) is 0. The van der Waals surface area contributed by atoms with Gasteiger partial charge in [0, 0.05) is 4.88 Å². The lowest BCUT2D eigenvalue weighted by molar-refractivity contribution is 0.109. The van der Waals surface area contributed by atoms with Crippen molar-refractivity contribution in [2.45, 2.75) is 13.2 Å². The molecule has 0 saturated heterocycles. The fraction of sp³-hybridized carbons (Fsp3) is 0.231. The zero-order chi connectivity index (χ0) is 12.1. The van der Waals surface area contributed by atoms with Crippen LogP contribution in [0.2, 0.25) is 0 Å². The number of ether oxygens (including phenoxy) is 2. The molecule has 0 radical (unpaired) electrons. The van der Waals surface area contributed by atoms with Crippen LogP contribution in [0.25, 0.3) is 0 Å². The molecular formula is C13H13BrO2S. The van der Waals surface area contributed by atoms with Crippen molar-refractivity contribution in [3.05, 3.63) is 50.6 Å². The average molecular weight is 313 g/mol. The van der Waals surface area contributed by atoms with Gasteiger partial charge in [0.25, 0.3) is 0 Å². The van der Waals surface area contributed by atoms with Gasteiger partial charge in [-0.1, -0.05) is 12.1 Å². The SMILES string of the molecule is COc1cccc(COCc2ccc(Br)s2)c1. The van der Waals surface area contributed by atoms with Crippen molar-refractivity contribution in [2.75, 3.05) is 7.11 Å². The Hall–Kier alpha value is -0.840. The van der Waals surface area contributed by atoms with E-state index < -0.39 is 0 Å². The summed E-state index contributed by atoms with van der Waals surface area (Å²) in [6, 6.07) is 12.0. The molecule has 0 aliphatic carbocycles. The van der Waals surface area contributed by atoms with Crippen LogP contribution in [0.3, 0.4) is 0 Å². The Morgan fingerprint density at radius 1 is 1.18 bits per heavy atom.